The summed E-state index contributed by atoms with van der Waals surface area (Å²) in [6.45, 7) is 2.28. The fourth-order valence-electron chi connectivity index (χ4n) is 6.21. The second-order valence-electron chi connectivity index (χ2n) is 11.6. The third kappa shape index (κ3) is 8.17. The first kappa shape index (κ1) is 30.6. The van der Waals surface area contributed by atoms with Crippen LogP contribution < -0.4 is 14.8 Å². The summed E-state index contributed by atoms with van der Waals surface area (Å²) < 4.78 is 16.6. The Morgan fingerprint density at radius 1 is 0.837 bits per heavy atom. The van der Waals surface area contributed by atoms with Crippen LogP contribution in [0.5, 0.6) is 11.5 Å². The number of amides is 2. The molecule has 0 bridgehead atoms. The van der Waals surface area contributed by atoms with Crippen molar-refractivity contribution >= 4 is 17.5 Å². The minimum atomic E-state index is -0.155. The van der Waals surface area contributed by atoms with Gasteiger partial charge in [-0.2, -0.15) is 0 Å². The fraction of sp³-hybridized carbons (Fsp3) is 0.444. The van der Waals surface area contributed by atoms with Crippen LogP contribution in [0, 0.1) is 0 Å². The van der Waals surface area contributed by atoms with Crippen molar-refractivity contribution in [2.75, 3.05) is 45.8 Å². The van der Waals surface area contributed by atoms with E-state index in [0.29, 0.717) is 30.3 Å². The predicted octanol–water partition coefficient (Wildman–Crippen LogP) is 6.58. The van der Waals surface area contributed by atoms with Crippen molar-refractivity contribution in [1.82, 2.24) is 4.90 Å². The van der Waals surface area contributed by atoms with Crippen LogP contribution in [0.3, 0.4) is 0 Å². The molecule has 0 aromatic heterocycles. The molecule has 1 aliphatic carbocycles. The lowest BCUT2D eigenvalue weighted by Crippen LogP contribution is -2.36. The normalized spacial score (nSPS) is 16.9. The van der Waals surface area contributed by atoms with Gasteiger partial charge in [0.1, 0.15) is 18.1 Å². The third-order valence-electron chi connectivity index (χ3n) is 8.78. The Bertz CT molecular complexity index is 1380. The number of carbonyl (C=O) groups is 2. The van der Waals surface area contributed by atoms with Crippen molar-refractivity contribution in [1.29, 1.82) is 0 Å². The molecule has 3 aromatic rings. The van der Waals surface area contributed by atoms with Gasteiger partial charge >= 0.3 is 0 Å². The average molecular weight is 585 g/mol. The van der Waals surface area contributed by atoms with E-state index in [1.54, 1.807) is 14.2 Å². The van der Waals surface area contributed by atoms with Crippen LogP contribution in [0.15, 0.2) is 60.7 Å². The molecule has 7 nitrogen and oxygen atoms in total. The minimum absolute atomic E-state index is 0.0866. The topological polar surface area (TPSA) is 77.1 Å². The maximum atomic E-state index is 13.3. The summed E-state index contributed by atoms with van der Waals surface area (Å²) in [5.41, 5.74) is 6.22. The number of ether oxygens (including phenoxy) is 3. The molecule has 1 atom stereocenters. The molecule has 3 aromatic carbocycles. The highest BCUT2D eigenvalue weighted by Crippen LogP contribution is 2.38. The second kappa shape index (κ2) is 15.1. The molecule has 1 aliphatic heterocycles. The maximum absolute atomic E-state index is 13.3. The molecule has 1 heterocycles. The first-order valence-electron chi connectivity index (χ1n) is 15.6. The maximum Gasteiger partial charge on any atom is 0.255 e. The highest BCUT2D eigenvalue weighted by molar-refractivity contribution is 6.04. The Hall–Kier alpha value is -3.84. The predicted molar refractivity (Wildman–Crippen MR) is 169 cm³/mol. The molecule has 1 unspecified atom stereocenters. The first-order valence-corrected chi connectivity index (χ1v) is 15.6. The lowest BCUT2D eigenvalue weighted by molar-refractivity contribution is -0.136. The van der Waals surface area contributed by atoms with Crippen LogP contribution in [-0.2, 0) is 28.8 Å². The van der Waals surface area contributed by atoms with E-state index in [4.69, 9.17) is 14.2 Å². The monoisotopic (exact) mass is 584 g/mol. The van der Waals surface area contributed by atoms with Crippen LogP contribution in [0.2, 0.25) is 0 Å². The van der Waals surface area contributed by atoms with Gasteiger partial charge < -0.3 is 24.4 Å². The summed E-state index contributed by atoms with van der Waals surface area (Å²) in [6, 6.07) is 19.9. The van der Waals surface area contributed by atoms with Gasteiger partial charge in [-0.1, -0.05) is 43.5 Å². The molecule has 0 saturated carbocycles. The molecule has 0 radical (unpaired) electrons. The zero-order valence-corrected chi connectivity index (χ0v) is 25.5. The molecular formula is C36H44N2O5. The van der Waals surface area contributed by atoms with E-state index in [2.05, 4.69) is 23.5 Å². The zero-order chi connectivity index (χ0) is 30.0. The van der Waals surface area contributed by atoms with E-state index in [0.717, 1.165) is 67.8 Å². The van der Waals surface area contributed by atoms with Crippen molar-refractivity contribution in [3.8, 4) is 11.5 Å². The number of hydrogen-bond acceptors (Lipinski definition) is 5. The van der Waals surface area contributed by atoms with Crippen molar-refractivity contribution in [3.05, 3.63) is 88.5 Å². The summed E-state index contributed by atoms with van der Waals surface area (Å²) >= 11 is 0. The van der Waals surface area contributed by atoms with Gasteiger partial charge in [-0.05, 0) is 97.0 Å². The number of hydrogen-bond donors (Lipinski definition) is 1. The van der Waals surface area contributed by atoms with Crippen molar-refractivity contribution in [2.45, 2.75) is 63.7 Å². The van der Waals surface area contributed by atoms with Gasteiger partial charge in [0, 0.05) is 30.4 Å². The van der Waals surface area contributed by atoms with Crippen molar-refractivity contribution in [3.63, 3.8) is 0 Å². The third-order valence-corrected chi connectivity index (χ3v) is 8.78. The van der Waals surface area contributed by atoms with Crippen molar-refractivity contribution in [2.24, 2.45) is 0 Å². The van der Waals surface area contributed by atoms with Gasteiger partial charge in [-0.25, -0.2) is 0 Å². The van der Waals surface area contributed by atoms with Crippen LogP contribution in [-0.4, -0.2) is 57.2 Å². The lowest BCUT2D eigenvalue weighted by atomic mass is 9.79. The summed E-state index contributed by atoms with van der Waals surface area (Å²) in [7, 11) is 3.34. The molecule has 1 N–H and O–H groups in total. The van der Waals surface area contributed by atoms with E-state index in [-0.39, 0.29) is 18.4 Å². The summed E-state index contributed by atoms with van der Waals surface area (Å²) in [5, 5.41) is 3.16. The number of methoxy groups -OCH3 is 2. The Labute approximate surface area is 255 Å². The van der Waals surface area contributed by atoms with Gasteiger partial charge in [0.15, 0.2) is 0 Å². The first-order chi connectivity index (χ1) is 21.0. The molecule has 2 aliphatic rings. The summed E-state index contributed by atoms with van der Waals surface area (Å²) in [4.78, 5) is 27.8. The quantitative estimate of drug-likeness (QED) is 0.273. The molecule has 1 saturated heterocycles. The van der Waals surface area contributed by atoms with E-state index in [9.17, 15) is 9.59 Å². The number of carbonyl (C=O) groups excluding carboxylic acids is 2. The average Bonchev–Trinajstić information content (AvgIpc) is 3.02. The van der Waals surface area contributed by atoms with E-state index in [1.807, 2.05) is 47.4 Å². The van der Waals surface area contributed by atoms with E-state index >= 15 is 0 Å². The standard InChI is InChI=1S/C36H44N2O5/c1-41-31-15-14-28-22-30(13-12-29(28)23-31)33-17-16-32(42-2)24-34(33)37-36(40)27-10-8-26(9-11-27)18-21-43-25-35(39)38-19-6-4-3-5-7-20-38/h8-11,14-17,23-24,30H,3-7,12-13,18-22,25H2,1-2H3,(H,37,40). The number of benzene rings is 3. The molecule has 0 spiro atoms. The van der Waals surface area contributed by atoms with Crippen LogP contribution in [0.25, 0.3) is 0 Å². The molecule has 7 heteroatoms. The SMILES string of the molecule is COc1ccc2c(c1)CCC(c1ccc(OC)cc1NC(=O)c1ccc(CCOCC(=O)N3CCCCCCC3)cc1)C2. The smallest absolute Gasteiger partial charge is 0.255 e. The van der Waals surface area contributed by atoms with Gasteiger partial charge in [0.05, 0.1) is 20.8 Å². The number of fused-ring (bicyclic) bond motifs is 1. The Kier molecular flexibility index (Phi) is 10.7. The fourth-order valence-corrected chi connectivity index (χ4v) is 6.21. The Balaban J connectivity index is 1.16. The largest absolute Gasteiger partial charge is 0.497 e. The van der Waals surface area contributed by atoms with Gasteiger partial charge in [-0.3, -0.25) is 9.59 Å². The summed E-state index contributed by atoms with van der Waals surface area (Å²) in [6.07, 6.45) is 9.39. The number of nitrogens with zero attached hydrogens (tertiary/aromatic N) is 1. The van der Waals surface area contributed by atoms with E-state index in [1.165, 1.54) is 30.4 Å². The highest BCUT2D eigenvalue weighted by Gasteiger charge is 2.24. The molecule has 2 amide bonds. The summed E-state index contributed by atoms with van der Waals surface area (Å²) in [5.74, 6) is 1.82. The minimum Gasteiger partial charge on any atom is -0.497 e. The number of aryl methyl sites for hydroxylation is 1. The Morgan fingerprint density at radius 3 is 2.28 bits per heavy atom. The van der Waals surface area contributed by atoms with E-state index < -0.39 is 0 Å². The molecular weight excluding hydrogens is 540 g/mol. The number of nitrogens with one attached hydrogen (secondary N) is 1. The lowest BCUT2D eigenvalue weighted by Gasteiger charge is -2.27. The number of anilines is 1. The number of likely N-dealkylation sites (tertiary alicyclic amines) is 1. The highest BCUT2D eigenvalue weighted by atomic mass is 16.5. The second-order valence-corrected chi connectivity index (χ2v) is 11.6. The molecule has 5 rings (SSSR count). The molecule has 43 heavy (non-hydrogen) atoms. The van der Waals surface area contributed by atoms with Crippen molar-refractivity contribution < 1.29 is 23.8 Å². The van der Waals surface area contributed by atoms with Crippen LogP contribution >= 0.6 is 0 Å². The number of rotatable bonds is 10. The van der Waals surface area contributed by atoms with Gasteiger partial charge in [-0.15, -0.1) is 0 Å². The van der Waals surface area contributed by atoms with Gasteiger partial charge in [0.25, 0.3) is 5.91 Å². The van der Waals surface area contributed by atoms with Crippen LogP contribution in [0.1, 0.15) is 77.1 Å². The molecule has 1 fully saturated rings. The van der Waals surface area contributed by atoms with Gasteiger partial charge in [0.2, 0.25) is 5.91 Å². The zero-order valence-electron chi connectivity index (χ0n) is 25.5. The van der Waals surface area contributed by atoms with Crippen LogP contribution in [0.4, 0.5) is 5.69 Å². The molecule has 228 valence electrons. The Morgan fingerprint density at radius 2 is 1.53 bits per heavy atom.